The number of rotatable bonds is 3. The van der Waals surface area contributed by atoms with E-state index in [0.29, 0.717) is 6.54 Å². The quantitative estimate of drug-likeness (QED) is 0.737. The van der Waals surface area contributed by atoms with Crippen LogP contribution in [0.1, 0.15) is 63.8 Å². The lowest BCUT2D eigenvalue weighted by atomic mass is 9.92. The summed E-state index contributed by atoms with van der Waals surface area (Å²) in [7, 11) is 0. The maximum Gasteiger partial charge on any atom is 0.407 e. The Labute approximate surface area is 162 Å². The summed E-state index contributed by atoms with van der Waals surface area (Å²) in [6.07, 6.45) is 0.458. The van der Waals surface area contributed by atoms with Crippen LogP contribution in [0.15, 0.2) is 0 Å². The smallest absolute Gasteiger partial charge is 0.407 e. The first-order chi connectivity index (χ1) is 12.3. The summed E-state index contributed by atoms with van der Waals surface area (Å²) in [4.78, 5) is 24.6. The number of amides is 2. The van der Waals surface area contributed by atoms with Gasteiger partial charge in [-0.05, 0) is 63.3 Å². The highest BCUT2D eigenvalue weighted by molar-refractivity contribution is 5.99. The van der Waals surface area contributed by atoms with E-state index in [2.05, 4.69) is 22.9 Å². The van der Waals surface area contributed by atoms with Gasteiger partial charge in [-0.1, -0.05) is 20.8 Å². The molecular formula is C21H33N3O3. The summed E-state index contributed by atoms with van der Waals surface area (Å²) in [5.74, 6) is -0.0311. The van der Waals surface area contributed by atoms with E-state index in [-0.39, 0.29) is 5.91 Å². The number of fused-ring (bicyclic) bond motifs is 1. The molecule has 0 saturated heterocycles. The third-order valence-corrected chi connectivity index (χ3v) is 4.69. The molecule has 27 heavy (non-hydrogen) atoms. The molecule has 0 aliphatic carbocycles. The maximum atomic E-state index is 12.6. The van der Waals surface area contributed by atoms with Crippen LogP contribution in [-0.4, -0.2) is 24.1 Å². The van der Waals surface area contributed by atoms with Crippen molar-refractivity contribution in [1.82, 2.24) is 5.32 Å². The Kier molecular flexibility index (Phi) is 5.78. The second-order valence-electron chi connectivity index (χ2n) is 9.19. The highest BCUT2D eigenvalue weighted by Gasteiger charge is 2.28. The van der Waals surface area contributed by atoms with E-state index >= 15 is 0 Å². The summed E-state index contributed by atoms with van der Waals surface area (Å²) < 4.78 is 5.34. The van der Waals surface area contributed by atoms with Gasteiger partial charge in [0.05, 0.1) is 11.4 Å². The zero-order valence-electron chi connectivity index (χ0n) is 17.8. The first-order valence-corrected chi connectivity index (χ1v) is 9.48. The van der Waals surface area contributed by atoms with Crippen molar-refractivity contribution in [3.8, 4) is 0 Å². The van der Waals surface area contributed by atoms with Crippen molar-refractivity contribution < 1.29 is 14.3 Å². The van der Waals surface area contributed by atoms with Gasteiger partial charge in [-0.3, -0.25) is 4.79 Å². The molecule has 3 N–H and O–H groups in total. The molecule has 150 valence electrons. The second kappa shape index (κ2) is 7.41. The lowest BCUT2D eigenvalue weighted by molar-refractivity contribution is -0.123. The van der Waals surface area contributed by atoms with E-state index in [4.69, 9.17) is 4.74 Å². The molecule has 0 spiro atoms. The van der Waals surface area contributed by atoms with Crippen molar-refractivity contribution in [1.29, 1.82) is 0 Å². The first kappa shape index (κ1) is 21.1. The average Bonchev–Trinajstić information content (AvgIpc) is 2.98. The van der Waals surface area contributed by atoms with Crippen molar-refractivity contribution in [2.45, 2.75) is 74.0 Å². The maximum absolute atomic E-state index is 12.6. The highest BCUT2D eigenvalue weighted by Crippen LogP contribution is 2.39. The van der Waals surface area contributed by atoms with Gasteiger partial charge in [0.2, 0.25) is 5.91 Å². The SMILES string of the molecule is Cc1c(CNC(=O)OC(C)(C)C)c(C)c(NC(=O)C(C)(C)C)c2c1CCN2. The molecule has 0 saturated carbocycles. The molecule has 0 fully saturated rings. The van der Waals surface area contributed by atoms with Gasteiger partial charge in [-0.25, -0.2) is 4.79 Å². The fourth-order valence-corrected chi connectivity index (χ4v) is 3.16. The van der Waals surface area contributed by atoms with E-state index in [1.165, 1.54) is 5.56 Å². The Morgan fingerprint density at radius 1 is 1.07 bits per heavy atom. The molecule has 0 unspecified atom stereocenters. The minimum Gasteiger partial charge on any atom is -0.444 e. The Bertz CT molecular complexity index is 756. The molecule has 2 rings (SSSR count). The molecule has 2 amide bonds. The van der Waals surface area contributed by atoms with Crippen LogP contribution in [0.5, 0.6) is 0 Å². The fourth-order valence-electron chi connectivity index (χ4n) is 3.16. The van der Waals surface area contributed by atoms with Crippen molar-refractivity contribution in [2.75, 3.05) is 17.2 Å². The number of carbonyl (C=O) groups is 2. The average molecular weight is 376 g/mol. The third-order valence-electron chi connectivity index (χ3n) is 4.69. The van der Waals surface area contributed by atoms with Crippen LogP contribution in [0.4, 0.5) is 16.2 Å². The number of alkyl carbamates (subject to hydrolysis) is 1. The van der Waals surface area contributed by atoms with Crippen LogP contribution >= 0.6 is 0 Å². The number of carbonyl (C=O) groups excluding carboxylic acids is 2. The Hall–Kier alpha value is -2.24. The highest BCUT2D eigenvalue weighted by atomic mass is 16.6. The van der Waals surface area contributed by atoms with Crippen LogP contribution in [0.25, 0.3) is 0 Å². The topological polar surface area (TPSA) is 79.5 Å². The molecule has 1 aromatic carbocycles. The third kappa shape index (κ3) is 4.93. The lowest BCUT2D eigenvalue weighted by Crippen LogP contribution is -2.32. The van der Waals surface area contributed by atoms with Gasteiger partial charge in [-0.2, -0.15) is 0 Å². The Balaban J connectivity index is 2.34. The minimum absolute atomic E-state index is 0.0311. The molecular weight excluding hydrogens is 342 g/mol. The predicted molar refractivity (Wildman–Crippen MR) is 109 cm³/mol. The molecule has 6 nitrogen and oxygen atoms in total. The van der Waals surface area contributed by atoms with E-state index in [0.717, 1.165) is 41.0 Å². The van der Waals surface area contributed by atoms with Crippen LogP contribution in [0.2, 0.25) is 0 Å². The first-order valence-electron chi connectivity index (χ1n) is 9.48. The van der Waals surface area contributed by atoms with Gasteiger partial charge in [-0.15, -0.1) is 0 Å². The second-order valence-corrected chi connectivity index (χ2v) is 9.19. The Morgan fingerprint density at radius 2 is 1.70 bits per heavy atom. The van der Waals surface area contributed by atoms with Crippen LogP contribution in [0, 0.1) is 19.3 Å². The molecule has 0 aromatic heterocycles. The Morgan fingerprint density at radius 3 is 2.26 bits per heavy atom. The molecule has 6 heteroatoms. The largest absolute Gasteiger partial charge is 0.444 e. The van der Waals surface area contributed by atoms with Crippen molar-refractivity contribution in [3.05, 3.63) is 22.3 Å². The van der Waals surface area contributed by atoms with E-state index in [1.54, 1.807) is 0 Å². The van der Waals surface area contributed by atoms with E-state index in [1.807, 2.05) is 48.5 Å². The molecule has 0 bridgehead atoms. The monoisotopic (exact) mass is 375 g/mol. The van der Waals surface area contributed by atoms with Crippen LogP contribution in [-0.2, 0) is 22.5 Å². The van der Waals surface area contributed by atoms with Gasteiger partial charge in [0.1, 0.15) is 5.60 Å². The molecule has 1 heterocycles. The molecule has 1 aliphatic rings. The summed E-state index contributed by atoms with van der Waals surface area (Å²) in [6, 6.07) is 0. The molecule has 0 atom stereocenters. The van der Waals surface area contributed by atoms with Crippen molar-refractivity contribution >= 4 is 23.4 Å². The summed E-state index contributed by atoms with van der Waals surface area (Å²) in [6.45, 7) is 16.4. The van der Waals surface area contributed by atoms with Gasteiger partial charge >= 0.3 is 6.09 Å². The van der Waals surface area contributed by atoms with Crippen molar-refractivity contribution in [3.63, 3.8) is 0 Å². The number of hydrogen-bond donors (Lipinski definition) is 3. The van der Waals surface area contributed by atoms with Crippen molar-refractivity contribution in [2.24, 2.45) is 5.41 Å². The van der Waals surface area contributed by atoms with Gasteiger partial charge in [0, 0.05) is 18.5 Å². The normalized spacial score (nSPS) is 13.6. The summed E-state index contributed by atoms with van der Waals surface area (Å²) in [5.41, 5.74) is 5.13. The van der Waals surface area contributed by atoms with Gasteiger partial charge in [0.15, 0.2) is 0 Å². The van der Waals surface area contributed by atoms with Gasteiger partial charge in [0.25, 0.3) is 0 Å². The van der Waals surface area contributed by atoms with Gasteiger partial charge < -0.3 is 20.7 Å². The minimum atomic E-state index is -0.540. The summed E-state index contributed by atoms with van der Waals surface area (Å²) >= 11 is 0. The predicted octanol–water partition coefficient (Wildman–Crippen LogP) is 4.28. The number of nitrogens with one attached hydrogen (secondary N) is 3. The zero-order chi connectivity index (χ0) is 20.6. The van der Waals surface area contributed by atoms with E-state index in [9.17, 15) is 9.59 Å². The zero-order valence-corrected chi connectivity index (χ0v) is 17.8. The number of anilines is 2. The fraction of sp³-hybridized carbons (Fsp3) is 0.619. The number of ether oxygens (including phenoxy) is 1. The van der Waals surface area contributed by atoms with Crippen LogP contribution < -0.4 is 16.0 Å². The molecule has 1 aromatic rings. The summed E-state index contributed by atoms with van der Waals surface area (Å²) in [5, 5.41) is 9.35. The lowest BCUT2D eigenvalue weighted by Gasteiger charge is -2.24. The van der Waals surface area contributed by atoms with Crippen LogP contribution in [0.3, 0.4) is 0 Å². The molecule has 1 aliphatic heterocycles. The number of hydrogen-bond acceptors (Lipinski definition) is 4. The number of benzene rings is 1. The molecule has 0 radical (unpaired) electrons. The van der Waals surface area contributed by atoms with E-state index < -0.39 is 17.1 Å². The standard InChI is InChI=1S/C21H33N3O3/c1-12-14-9-10-22-17(14)16(24-18(25)20(3,4)5)13(2)15(12)11-23-19(26)27-21(6,7)8/h22H,9-11H2,1-8H3,(H,23,26)(H,24,25).